The van der Waals surface area contributed by atoms with Gasteiger partial charge in [-0.05, 0) is 31.0 Å². The highest BCUT2D eigenvalue weighted by Crippen LogP contribution is 2.23. The van der Waals surface area contributed by atoms with Crippen molar-refractivity contribution in [2.24, 2.45) is 0 Å². The molecule has 0 fully saturated rings. The molecule has 1 heterocycles. The summed E-state index contributed by atoms with van der Waals surface area (Å²) in [4.78, 5) is 4.18. The predicted octanol–water partition coefficient (Wildman–Crippen LogP) is 3.87. The number of hydrogen-bond donors (Lipinski definition) is 1. The highest BCUT2D eigenvalue weighted by Gasteiger charge is 2.03. The Bertz CT molecular complexity index is 520. The maximum absolute atomic E-state index is 6.15. The number of halogens is 1. The molecule has 3 nitrogen and oxygen atoms in total. The SMILES string of the molecule is CCCn1cncc1CNc1cc(C)ccc1Cl. The van der Waals surface area contributed by atoms with Gasteiger partial charge >= 0.3 is 0 Å². The second-order valence-corrected chi connectivity index (χ2v) is 4.82. The van der Waals surface area contributed by atoms with Gasteiger partial charge in [-0.15, -0.1) is 0 Å². The van der Waals surface area contributed by atoms with E-state index in [0.29, 0.717) is 0 Å². The number of benzene rings is 1. The molecule has 18 heavy (non-hydrogen) atoms. The van der Waals surface area contributed by atoms with Crippen LogP contribution in [-0.2, 0) is 13.1 Å². The van der Waals surface area contributed by atoms with Crippen LogP contribution in [0.3, 0.4) is 0 Å². The summed E-state index contributed by atoms with van der Waals surface area (Å²) in [5, 5.41) is 4.11. The van der Waals surface area contributed by atoms with Crippen LogP contribution >= 0.6 is 11.6 Å². The molecule has 0 spiro atoms. The van der Waals surface area contributed by atoms with Crippen molar-refractivity contribution in [3.05, 3.63) is 47.0 Å². The molecule has 2 aromatic rings. The standard InChI is InChI=1S/C14H18ClN3/c1-3-6-18-10-16-8-12(18)9-17-14-7-11(2)4-5-13(14)15/h4-5,7-8,10,17H,3,6,9H2,1-2H3. The van der Waals surface area contributed by atoms with Crippen molar-refractivity contribution in [3.63, 3.8) is 0 Å². The molecular formula is C14H18ClN3. The molecule has 1 aromatic heterocycles. The Balaban J connectivity index is 2.06. The van der Waals surface area contributed by atoms with Gasteiger partial charge in [0, 0.05) is 12.7 Å². The van der Waals surface area contributed by atoms with Crippen LogP contribution in [0.25, 0.3) is 0 Å². The topological polar surface area (TPSA) is 29.9 Å². The molecule has 2 rings (SSSR count). The second kappa shape index (κ2) is 5.91. The monoisotopic (exact) mass is 263 g/mol. The van der Waals surface area contributed by atoms with Gasteiger partial charge in [-0.3, -0.25) is 0 Å². The van der Waals surface area contributed by atoms with Gasteiger partial charge in [0.25, 0.3) is 0 Å². The average Bonchev–Trinajstić information content (AvgIpc) is 2.78. The van der Waals surface area contributed by atoms with Crippen molar-refractivity contribution in [2.45, 2.75) is 33.4 Å². The molecule has 0 saturated carbocycles. The van der Waals surface area contributed by atoms with E-state index in [2.05, 4.69) is 34.8 Å². The molecule has 0 aliphatic heterocycles. The first kappa shape index (κ1) is 13.0. The van der Waals surface area contributed by atoms with E-state index in [1.54, 1.807) is 0 Å². The van der Waals surface area contributed by atoms with Gasteiger partial charge in [-0.2, -0.15) is 0 Å². The third-order valence-corrected chi connectivity index (χ3v) is 3.17. The van der Waals surface area contributed by atoms with Crippen molar-refractivity contribution in [1.82, 2.24) is 9.55 Å². The first-order valence-electron chi connectivity index (χ1n) is 6.19. The van der Waals surface area contributed by atoms with E-state index in [9.17, 15) is 0 Å². The third kappa shape index (κ3) is 3.05. The van der Waals surface area contributed by atoms with Crippen molar-refractivity contribution in [2.75, 3.05) is 5.32 Å². The molecule has 0 aliphatic rings. The number of nitrogens with zero attached hydrogens (tertiary/aromatic N) is 2. The number of aromatic nitrogens is 2. The lowest BCUT2D eigenvalue weighted by molar-refractivity contribution is 0.651. The van der Waals surface area contributed by atoms with Crippen molar-refractivity contribution >= 4 is 17.3 Å². The Morgan fingerprint density at radius 1 is 1.39 bits per heavy atom. The molecule has 4 heteroatoms. The largest absolute Gasteiger partial charge is 0.378 e. The van der Waals surface area contributed by atoms with Crippen LogP contribution in [0.1, 0.15) is 24.6 Å². The van der Waals surface area contributed by atoms with Crippen LogP contribution in [0.5, 0.6) is 0 Å². The molecule has 0 saturated heterocycles. The number of nitrogens with one attached hydrogen (secondary N) is 1. The summed E-state index contributed by atoms with van der Waals surface area (Å²) in [6.07, 6.45) is 4.87. The summed E-state index contributed by atoms with van der Waals surface area (Å²) in [7, 11) is 0. The van der Waals surface area contributed by atoms with Crippen LogP contribution in [0, 0.1) is 6.92 Å². The summed E-state index contributed by atoms with van der Waals surface area (Å²) in [6.45, 7) is 5.96. The molecule has 96 valence electrons. The summed E-state index contributed by atoms with van der Waals surface area (Å²) in [5.74, 6) is 0. The van der Waals surface area contributed by atoms with E-state index in [4.69, 9.17) is 11.6 Å². The minimum atomic E-state index is 0.739. The molecule has 0 atom stereocenters. The maximum Gasteiger partial charge on any atom is 0.0948 e. The average molecular weight is 264 g/mol. The fraction of sp³-hybridized carbons (Fsp3) is 0.357. The quantitative estimate of drug-likeness (QED) is 0.888. The van der Waals surface area contributed by atoms with Crippen LogP contribution in [0.2, 0.25) is 5.02 Å². The lowest BCUT2D eigenvalue weighted by atomic mass is 10.2. The van der Waals surface area contributed by atoms with Gasteiger partial charge in [0.2, 0.25) is 0 Å². The normalized spacial score (nSPS) is 10.6. The van der Waals surface area contributed by atoms with Crippen molar-refractivity contribution < 1.29 is 0 Å². The van der Waals surface area contributed by atoms with Crippen molar-refractivity contribution in [3.8, 4) is 0 Å². The van der Waals surface area contributed by atoms with Gasteiger partial charge in [-0.1, -0.05) is 24.6 Å². The number of hydrogen-bond acceptors (Lipinski definition) is 2. The van der Waals surface area contributed by atoms with Gasteiger partial charge in [0.15, 0.2) is 0 Å². The van der Waals surface area contributed by atoms with Gasteiger partial charge in [0.05, 0.1) is 29.3 Å². The van der Waals surface area contributed by atoms with Crippen LogP contribution in [-0.4, -0.2) is 9.55 Å². The highest BCUT2D eigenvalue weighted by atomic mass is 35.5. The van der Waals surface area contributed by atoms with Gasteiger partial charge in [0.1, 0.15) is 0 Å². The lowest BCUT2D eigenvalue weighted by Gasteiger charge is -2.11. The highest BCUT2D eigenvalue weighted by molar-refractivity contribution is 6.33. The first-order chi connectivity index (χ1) is 8.70. The number of aryl methyl sites for hydroxylation is 2. The summed E-state index contributed by atoms with van der Waals surface area (Å²) in [5.41, 5.74) is 3.35. The van der Waals surface area contributed by atoms with E-state index >= 15 is 0 Å². The Hall–Kier alpha value is -1.48. The predicted molar refractivity (Wildman–Crippen MR) is 76.0 cm³/mol. The van der Waals surface area contributed by atoms with Crippen molar-refractivity contribution in [1.29, 1.82) is 0 Å². The summed E-state index contributed by atoms with van der Waals surface area (Å²) >= 11 is 6.15. The number of imidazole rings is 1. The number of anilines is 1. The molecule has 0 aliphatic carbocycles. The first-order valence-corrected chi connectivity index (χ1v) is 6.57. The number of rotatable bonds is 5. The zero-order valence-corrected chi connectivity index (χ0v) is 11.5. The third-order valence-electron chi connectivity index (χ3n) is 2.84. The van der Waals surface area contributed by atoms with E-state index in [1.165, 1.54) is 11.3 Å². The van der Waals surface area contributed by atoms with Gasteiger partial charge in [-0.25, -0.2) is 4.98 Å². The summed E-state index contributed by atoms with van der Waals surface area (Å²) < 4.78 is 2.16. The Kier molecular flexibility index (Phi) is 4.26. The van der Waals surface area contributed by atoms with Gasteiger partial charge < -0.3 is 9.88 Å². The minimum absolute atomic E-state index is 0.739. The van der Waals surface area contributed by atoms with Crippen LogP contribution < -0.4 is 5.32 Å². The fourth-order valence-electron chi connectivity index (χ4n) is 1.90. The molecule has 0 radical (unpaired) electrons. The Morgan fingerprint density at radius 3 is 3.00 bits per heavy atom. The van der Waals surface area contributed by atoms with E-state index < -0.39 is 0 Å². The summed E-state index contributed by atoms with van der Waals surface area (Å²) in [6, 6.07) is 5.99. The van der Waals surface area contributed by atoms with Crippen LogP contribution in [0.4, 0.5) is 5.69 Å². The molecule has 1 aromatic carbocycles. The lowest BCUT2D eigenvalue weighted by Crippen LogP contribution is -2.07. The van der Waals surface area contributed by atoms with Crippen LogP contribution in [0.15, 0.2) is 30.7 Å². The Morgan fingerprint density at radius 2 is 2.22 bits per heavy atom. The molecule has 0 bridgehead atoms. The second-order valence-electron chi connectivity index (χ2n) is 4.42. The molecule has 0 unspecified atom stereocenters. The molecular weight excluding hydrogens is 246 g/mol. The molecule has 1 N–H and O–H groups in total. The Labute approximate surface area is 113 Å². The zero-order valence-electron chi connectivity index (χ0n) is 10.8. The van der Waals surface area contributed by atoms with E-state index in [0.717, 1.165) is 30.2 Å². The smallest absolute Gasteiger partial charge is 0.0948 e. The maximum atomic E-state index is 6.15. The zero-order chi connectivity index (χ0) is 13.0. The molecule has 0 amide bonds. The minimum Gasteiger partial charge on any atom is -0.378 e. The van der Waals surface area contributed by atoms with E-state index in [-0.39, 0.29) is 0 Å². The fourth-order valence-corrected chi connectivity index (χ4v) is 2.08. The van der Waals surface area contributed by atoms with E-state index in [1.807, 2.05) is 24.7 Å².